The summed E-state index contributed by atoms with van der Waals surface area (Å²) in [5.74, 6) is 0.897. The largest absolute Gasteiger partial charge is 0.490 e. The molecule has 0 spiro atoms. The molecule has 168 valence electrons. The first-order valence-corrected chi connectivity index (χ1v) is 11.8. The first-order chi connectivity index (χ1) is 14.9. The summed E-state index contributed by atoms with van der Waals surface area (Å²) in [4.78, 5) is 31.3. The summed E-state index contributed by atoms with van der Waals surface area (Å²) in [6, 6.07) is 8.65. The molecule has 2 saturated heterocycles. The summed E-state index contributed by atoms with van der Waals surface area (Å²) in [7, 11) is 1.38. The third-order valence-electron chi connectivity index (χ3n) is 6.21. The van der Waals surface area contributed by atoms with E-state index in [1.807, 2.05) is 29.2 Å². The zero-order chi connectivity index (χ0) is 22.0. The number of methoxy groups -OCH3 is 1. The number of nitrogens with zero attached hydrogens (tertiary/aromatic N) is 3. The maximum absolute atomic E-state index is 13.0. The van der Waals surface area contributed by atoms with Gasteiger partial charge in [-0.05, 0) is 56.3 Å². The van der Waals surface area contributed by atoms with E-state index in [-0.39, 0.29) is 18.1 Å². The second-order valence-electron chi connectivity index (χ2n) is 8.51. The van der Waals surface area contributed by atoms with Crippen LogP contribution in [-0.4, -0.2) is 85.2 Å². The van der Waals surface area contributed by atoms with E-state index in [1.165, 1.54) is 18.4 Å². The molecule has 0 bridgehead atoms. The van der Waals surface area contributed by atoms with Gasteiger partial charge < -0.3 is 24.2 Å². The smallest absolute Gasteiger partial charge is 0.409 e. The second-order valence-corrected chi connectivity index (χ2v) is 9.59. The Balaban J connectivity index is 1.38. The summed E-state index contributed by atoms with van der Waals surface area (Å²) in [5.41, 5.74) is 0. The predicted octanol–water partition coefficient (Wildman–Crippen LogP) is 3.68. The summed E-state index contributed by atoms with van der Waals surface area (Å²) in [6.45, 7) is 8.66. The first kappa shape index (κ1) is 21.9. The van der Waals surface area contributed by atoms with Crippen LogP contribution in [0.3, 0.4) is 0 Å². The number of amides is 2. The van der Waals surface area contributed by atoms with Gasteiger partial charge in [-0.15, -0.1) is 11.3 Å². The lowest BCUT2D eigenvalue weighted by Crippen LogP contribution is -2.50. The number of hydrogen-bond donors (Lipinski definition) is 0. The Kier molecular flexibility index (Phi) is 6.67. The van der Waals surface area contributed by atoms with Gasteiger partial charge in [0.1, 0.15) is 11.9 Å². The molecule has 0 N–H and O–H groups in total. The van der Waals surface area contributed by atoms with Crippen molar-refractivity contribution in [2.45, 2.75) is 38.8 Å². The summed E-state index contributed by atoms with van der Waals surface area (Å²) in [6.07, 6.45) is 2.00. The highest BCUT2D eigenvalue weighted by molar-refractivity contribution is 7.20. The van der Waals surface area contributed by atoms with Crippen molar-refractivity contribution in [2.75, 3.05) is 46.4 Å². The van der Waals surface area contributed by atoms with E-state index in [0.717, 1.165) is 46.6 Å². The molecular formula is C23H31N3O4S. The number of hydrogen-bond acceptors (Lipinski definition) is 6. The van der Waals surface area contributed by atoms with Crippen molar-refractivity contribution in [1.82, 2.24) is 14.7 Å². The predicted molar refractivity (Wildman–Crippen MR) is 122 cm³/mol. The van der Waals surface area contributed by atoms with Gasteiger partial charge in [-0.2, -0.15) is 0 Å². The lowest BCUT2D eigenvalue weighted by Gasteiger charge is -2.34. The Bertz CT molecular complexity index is 928. The van der Waals surface area contributed by atoms with E-state index in [4.69, 9.17) is 9.47 Å². The van der Waals surface area contributed by atoms with Crippen LogP contribution in [0.25, 0.3) is 10.1 Å². The average molecular weight is 446 g/mol. The lowest BCUT2D eigenvalue weighted by molar-refractivity contribution is 0.0604. The zero-order valence-electron chi connectivity index (χ0n) is 18.5. The van der Waals surface area contributed by atoms with Crippen molar-refractivity contribution in [2.24, 2.45) is 0 Å². The molecule has 2 aromatic rings. The van der Waals surface area contributed by atoms with Crippen LogP contribution in [-0.2, 0) is 4.74 Å². The average Bonchev–Trinajstić information content (AvgIpc) is 3.22. The fourth-order valence-corrected chi connectivity index (χ4v) is 5.29. The number of carbonyl (C=O) groups excluding carboxylic acids is 2. The molecule has 7 nitrogen and oxygen atoms in total. The number of piperazine rings is 1. The topological polar surface area (TPSA) is 62.3 Å². The van der Waals surface area contributed by atoms with Gasteiger partial charge in [0.15, 0.2) is 0 Å². The molecule has 1 aromatic carbocycles. The third kappa shape index (κ3) is 4.96. The fraction of sp³-hybridized carbons (Fsp3) is 0.565. The number of thiophene rings is 1. The van der Waals surface area contributed by atoms with Gasteiger partial charge in [0.05, 0.1) is 12.0 Å². The van der Waals surface area contributed by atoms with Crippen LogP contribution >= 0.6 is 11.3 Å². The maximum atomic E-state index is 13.0. The van der Waals surface area contributed by atoms with Gasteiger partial charge >= 0.3 is 6.09 Å². The Hall–Kier alpha value is -2.32. The minimum absolute atomic E-state index is 0.0224. The highest BCUT2D eigenvalue weighted by Crippen LogP contribution is 2.31. The molecule has 2 amide bonds. The maximum Gasteiger partial charge on any atom is 0.409 e. The van der Waals surface area contributed by atoms with Gasteiger partial charge in [0, 0.05) is 50.0 Å². The molecule has 3 heterocycles. The van der Waals surface area contributed by atoms with Crippen molar-refractivity contribution < 1.29 is 19.1 Å². The van der Waals surface area contributed by atoms with E-state index >= 15 is 0 Å². The lowest BCUT2D eigenvalue weighted by atomic mass is 10.1. The van der Waals surface area contributed by atoms with Crippen LogP contribution in [0.2, 0.25) is 0 Å². The van der Waals surface area contributed by atoms with Crippen LogP contribution in [0.5, 0.6) is 5.75 Å². The number of ether oxygens (including phenoxy) is 2. The molecule has 2 aliphatic rings. The third-order valence-corrected chi connectivity index (χ3v) is 7.31. The minimum atomic E-state index is -0.337. The Morgan fingerprint density at radius 2 is 1.68 bits per heavy atom. The van der Waals surface area contributed by atoms with Crippen LogP contribution in [0.15, 0.2) is 24.3 Å². The van der Waals surface area contributed by atoms with Crippen molar-refractivity contribution in [3.05, 3.63) is 29.1 Å². The van der Waals surface area contributed by atoms with Crippen molar-refractivity contribution in [3.63, 3.8) is 0 Å². The Labute approximate surface area is 187 Å². The van der Waals surface area contributed by atoms with Crippen molar-refractivity contribution in [3.8, 4) is 5.75 Å². The van der Waals surface area contributed by atoms with E-state index in [2.05, 4.69) is 18.7 Å². The fourth-order valence-electron chi connectivity index (χ4n) is 4.28. The molecule has 1 aromatic heterocycles. The van der Waals surface area contributed by atoms with E-state index < -0.39 is 0 Å². The molecular weight excluding hydrogens is 414 g/mol. The van der Waals surface area contributed by atoms with Crippen molar-refractivity contribution >= 4 is 33.4 Å². The van der Waals surface area contributed by atoms with Gasteiger partial charge in [-0.25, -0.2) is 4.79 Å². The first-order valence-electron chi connectivity index (χ1n) is 11.0. The highest BCUT2D eigenvalue weighted by atomic mass is 32.1. The summed E-state index contributed by atoms with van der Waals surface area (Å²) < 4.78 is 12.1. The van der Waals surface area contributed by atoms with Crippen LogP contribution in [0.1, 0.15) is 36.4 Å². The SMILES string of the molecule is COC(=O)N1CCN(C(=O)c2cc3cc(OC4CCN(C(C)C)CC4)ccc3s2)CC1. The van der Waals surface area contributed by atoms with E-state index in [1.54, 1.807) is 4.90 Å². The monoisotopic (exact) mass is 445 g/mol. The summed E-state index contributed by atoms with van der Waals surface area (Å²) in [5, 5.41) is 1.04. The number of carbonyl (C=O) groups is 2. The van der Waals surface area contributed by atoms with Crippen LogP contribution in [0.4, 0.5) is 4.79 Å². The molecule has 2 fully saturated rings. The quantitative estimate of drug-likeness (QED) is 0.719. The normalized spacial score (nSPS) is 18.6. The van der Waals surface area contributed by atoms with Crippen molar-refractivity contribution in [1.29, 1.82) is 0 Å². The molecule has 0 radical (unpaired) electrons. The molecule has 31 heavy (non-hydrogen) atoms. The van der Waals surface area contributed by atoms with E-state index in [9.17, 15) is 9.59 Å². The standard InChI is InChI=1S/C23H31N3O4S/c1-16(2)24-8-6-18(7-9-24)30-19-4-5-20-17(14-19)15-21(31-20)22(27)25-10-12-26(13-11-25)23(28)29-3/h4-5,14-16,18H,6-13H2,1-3H3. The minimum Gasteiger partial charge on any atom is -0.490 e. The number of benzene rings is 1. The van der Waals surface area contributed by atoms with Gasteiger partial charge in [0.25, 0.3) is 5.91 Å². The highest BCUT2D eigenvalue weighted by Gasteiger charge is 2.26. The molecule has 4 rings (SSSR count). The van der Waals surface area contributed by atoms with Gasteiger partial charge in [-0.1, -0.05) is 0 Å². The zero-order valence-corrected chi connectivity index (χ0v) is 19.3. The van der Waals surface area contributed by atoms with E-state index in [0.29, 0.717) is 32.2 Å². The molecule has 0 atom stereocenters. The second kappa shape index (κ2) is 9.44. The molecule has 8 heteroatoms. The Morgan fingerprint density at radius 1 is 1.00 bits per heavy atom. The van der Waals surface area contributed by atoms with Crippen LogP contribution in [0, 0.1) is 0 Å². The van der Waals surface area contributed by atoms with Gasteiger partial charge in [-0.3, -0.25) is 4.79 Å². The molecule has 0 aliphatic carbocycles. The number of likely N-dealkylation sites (tertiary alicyclic amines) is 1. The van der Waals surface area contributed by atoms with Gasteiger partial charge in [0.2, 0.25) is 0 Å². The molecule has 0 saturated carbocycles. The van der Waals surface area contributed by atoms with Crippen LogP contribution < -0.4 is 4.74 Å². The summed E-state index contributed by atoms with van der Waals surface area (Å²) >= 11 is 1.51. The number of fused-ring (bicyclic) bond motifs is 1. The number of rotatable bonds is 4. The Morgan fingerprint density at radius 3 is 2.32 bits per heavy atom. The number of piperidine rings is 1. The molecule has 2 aliphatic heterocycles. The molecule has 0 unspecified atom stereocenters.